The predicted octanol–water partition coefficient (Wildman–Crippen LogP) is 5.35. The molecule has 0 N–H and O–H groups in total. The fraction of sp³-hybridized carbons (Fsp3) is 0. The Morgan fingerprint density at radius 3 is 2.43 bits per heavy atom. The lowest BCUT2D eigenvalue weighted by atomic mass is 10.0. The predicted molar refractivity (Wildman–Crippen MR) is 110 cm³/mol. The van der Waals surface area contributed by atoms with Crippen molar-refractivity contribution in [3.63, 3.8) is 0 Å². The second kappa shape index (κ2) is 7.76. The molecule has 4 aromatic rings. The number of carbonyl (C=O) groups is 1. The van der Waals surface area contributed by atoms with Crippen LogP contribution in [0.4, 0.5) is 0 Å². The maximum atomic E-state index is 11.9. The molecule has 0 radical (unpaired) electrons. The van der Waals surface area contributed by atoms with Crippen LogP contribution in [-0.2, 0) is 4.79 Å². The van der Waals surface area contributed by atoms with Crippen LogP contribution in [0.25, 0.3) is 34.2 Å². The van der Waals surface area contributed by atoms with E-state index in [-0.39, 0.29) is 11.4 Å². The van der Waals surface area contributed by atoms with Crippen LogP contribution in [0.2, 0.25) is 0 Å². The first-order valence-electron chi connectivity index (χ1n) is 8.76. The number of hydrogen-bond donors (Lipinski definition) is 0. The number of rotatable bonds is 5. The van der Waals surface area contributed by atoms with E-state index in [1.54, 1.807) is 36.6 Å². The van der Waals surface area contributed by atoms with Crippen molar-refractivity contribution in [3.8, 4) is 11.1 Å². The number of allylic oxidation sites excluding steroid dienone is 2. The summed E-state index contributed by atoms with van der Waals surface area (Å²) in [6.45, 7) is 0. The average Bonchev–Trinajstić information content (AvgIpc) is 3.24. The lowest BCUT2D eigenvalue weighted by molar-refractivity contribution is -0.110. The number of furan rings is 1. The van der Waals surface area contributed by atoms with E-state index in [9.17, 15) is 9.59 Å². The van der Waals surface area contributed by atoms with Crippen LogP contribution < -0.4 is 5.63 Å². The van der Waals surface area contributed by atoms with Gasteiger partial charge in [0.2, 0.25) is 0 Å². The maximum Gasteiger partial charge on any atom is 0.336 e. The third-order valence-electron chi connectivity index (χ3n) is 4.27. The number of hydrogen-bond acceptors (Lipinski definition) is 4. The summed E-state index contributed by atoms with van der Waals surface area (Å²) in [5, 5.41) is 0.878. The fourth-order valence-corrected chi connectivity index (χ4v) is 2.91. The van der Waals surface area contributed by atoms with Crippen LogP contribution >= 0.6 is 0 Å². The van der Waals surface area contributed by atoms with Crippen molar-refractivity contribution in [1.82, 2.24) is 0 Å². The van der Waals surface area contributed by atoms with Gasteiger partial charge in [-0.15, -0.1) is 0 Å². The molecular weight excluding hydrogens is 352 g/mol. The molecule has 0 unspecified atom stereocenters. The Morgan fingerprint density at radius 2 is 1.64 bits per heavy atom. The number of para-hydroxylation sites is 1. The summed E-state index contributed by atoms with van der Waals surface area (Å²) in [6.07, 6.45) is 7.89. The molecule has 0 amide bonds. The first-order valence-corrected chi connectivity index (χ1v) is 8.76. The van der Waals surface area contributed by atoms with Gasteiger partial charge in [0.05, 0.1) is 6.26 Å². The zero-order valence-corrected chi connectivity index (χ0v) is 14.9. The first kappa shape index (κ1) is 17.5. The molecule has 0 saturated heterocycles. The molecule has 2 aromatic heterocycles. The summed E-state index contributed by atoms with van der Waals surface area (Å²) < 4.78 is 10.4. The van der Waals surface area contributed by atoms with Gasteiger partial charge in [-0.05, 0) is 53.1 Å². The zero-order chi connectivity index (χ0) is 19.3. The van der Waals surface area contributed by atoms with Crippen molar-refractivity contribution < 1.29 is 13.6 Å². The molecule has 4 rings (SSSR count). The molecule has 0 aliphatic heterocycles. The van der Waals surface area contributed by atoms with Crippen LogP contribution in [0, 0.1) is 0 Å². The Morgan fingerprint density at radius 1 is 0.857 bits per heavy atom. The lowest BCUT2D eigenvalue weighted by Gasteiger charge is -2.06. The van der Waals surface area contributed by atoms with E-state index < -0.39 is 0 Å². The molecule has 4 nitrogen and oxygen atoms in total. The highest BCUT2D eigenvalue weighted by Crippen LogP contribution is 2.27. The van der Waals surface area contributed by atoms with Crippen LogP contribution in [0.3, 0.4) is 0 Å². The zero-order valence-electron chi connectivity index (χ0n) is 14.9. The topological polar surface area (TPSA) is 60.4 Å². The van der Waals surface area contributed by atoms with E-state index in [4.69, 9.17) is 8.83 Å². The molecular formula is C24H16O4. The van der Waals surface area contributed by atoms with Gasteiger partial charge < -0.3 is 8.83 Å². The van der Waals surface area contributed by atoms with Gasteiger partial charge in [0.15, 0.2) is 5.78 Å². The molecule has 0 aliphatic carbocycles. The summed E-state index contributed by atoms with van der Waals surface area (Å²) in [5.74, 6) is 0.498. The van der Waals surface area contributed by atoms with Crippen molar-refractivity contribution in [1.29, 1.82) is 0 Å². The number of ketones is 1. The van der Waals surface area contributed by atoms with Gasteiger partial charge in [0, 0.05) is 11.5 Å². The van der Waals surface area contributed by atoms with Gasteiger partial charge >= 0.3 is 5.63 Å². The van der Waals surface area contributed by atoms with Gasteiger partial charge in [-0.3, -0.25) is 4.79 Å². The molecule has 0 saturated carbocycles. The SMILES string of the molecule is O=C(C=Cc1ccc(-c2cc(=O)oc3ccccc23)cc1)C=Cc1ccco1. The normalized spacial score (nSPS) is 11.6. The summed E-state index contributed by atoms with van der Waals surface area (Å²) >= 11 is 0. The molecule has 0 atom stereocenters. The highest BCUT2D eigenvalue weighted by molar-refractivity contribution is 6.04. The van der Waals surface area contributed by atoms with E-state index in [2.05, 4.69) is 0 Å². The molecule has 0 aliphatic rings. The van der Waals surface area contributed by atoms with E-state index in [0.717, 1.165) is 22.1 Å². The summed E-state index contributed by atoms with van der Waals surface area (Å²) in [7, 11) is 0. The summed E-state index contributed by atoms with van der Waals surface area (Å²) in [6, 6.07) is 20.1. The van der Waals surface area contributed by atoms with Gasteiger partial charge in [-0.2, -0.15) is 0 Å². The van der Waals surface area contributed by atoms with Crippen LogP contribution in [-0.4, -0.2) is 5.78 Å². The molecule has 2 heterocycles. The second-order valence-corrected chi connectivity index (χ2v) is 6.18. The van der Waals surface area contributed by atoms with Crippen molar-refractivity contribution in [2.75, 3.05) is 0 Å². The van der Waals surface area contributed by atoms with Crippen LogP contribution in [0.1, 0.15) is 11.3 Å². The third kappa shape index (κ3) is 3.91. The average molecular weight is 368 g/mol. The van der Waals surface area contributed by atoms with Crippen molar-refractivity contribution in [3.05, 3.63) is 107 Å². The number of fused-ring (bicyclic) bond motifs is 1. The van der Waals surface area contributed by atoms with Gasteiger partial charge in [-0.25, -0.2) is 4.79 Å². The van der Waals surface area contributed by atoms with Gasteiger partial charge in [0.1, 0.15) is 11.3 Å². The Balaban J connectivity index is 1.55. The summed E-state index contributed by atoms with van der Waals surface area (Å²) in [4.78, 5) is 23.8. The van der Waals surface area contributed by atoms with E-state index in [0.29, 0.717) is 11.3 Å². The Labute approximate surface area is 161 Å². The maximum absolute atomic E-state index is 11.9. The molecule has 2 aromatic carbocycles. The minimum absolute atomic E-state index is 0.132. The molecule has 0 bridgehead atoms. The monoisotopic (exact) mass is 368 g/mol. The highest BCUT2D eigenvalue weighted by Gasteiger charge is 2.07. The van der Waals surface area contributed by atoms with E-state index in [1.807, 2.05) is 42.5 Å². The number of benzene rings is 2. The van der Waals surface area contributed by atoms with Gasteiger partial charge in [-0.1, -0.05) is 48.5 Å². The van der Waals surface area contributed by atoms with Crippen molar-refractivity contribution >= 4 is 28.9 Å². The number of carbonyl (C=O) groups excluding carboxylic acids is 1. The van der Waals surface area contributed by atoms with Crippen molar-refractivity contribution in [2.45, 2.75) is 0 Å². The fourth-order valence-electron chi connectivity index (χ4n) is 2.91. The van der Waals surface area contributed by atoms with E-state index in [1.165, 1.54) is 18.2 Å². The van der Waals surface area contributed by atoms with E-state index >= 15 is 0 Å². The second-order valence-electron chi connectivity index (χ2n) is 6.18. The summed E-state index contributed by atoms with van der Waals surface area (Å²) in [5.41, 5.74) is 2.79. The minimum atomic E-state index is -0.383. The quantitative estimate of drug-likeness (QED) is 0.352. The minimum Gasteiger partial charge on any atom is -0.465 e. The standard InChI is InChI=1S/C24H16O4/c25-19(13-14-20-4-3-15-27-20)12-9-17-7-10-18(11-8-17)22-16-24(26)28-23-6-2-1-5-21(22)23/h1-16H. The molecule has 0 fully saturated rings. The molecule has 0 spiro atoms. The lowest BCUT2D eigenvalue weighted by Crippen LogP contribution is -1.97. The van der Waals surface area contributed by atoms with Gasteiger partial charge in [0.25, 0.3) is 0 Å². The highest BCUT2D eigenvalue weighted by atomic mass is 16.4. The molecule has 28 heavy (non-hydrogen) atoms. The van der Waals surface area contributed by atoms with Crippen LogP contribution in [0.5, 0.6) is 0 Å². The smallest absolute Gasteiger partial charge is 0.336 e. The Bertz CT molecular complexity index is 1220. The molecule has 136 valence electrons. The van der Waals surface area contributed by atoms with Crippen molar-refractivity contribution in [2.24, 2.45) is 0 Å². The largest absolute Gasteiger partial charge is 0.465 e. The Hall–Kier alpha value is -3.92. The van der Waals surface area contributed by atoms with Crippen LogP contribution in [0.15, 0.2) is 98.8 Å². The Kier molecular flexibility index (Phi) is 4.85. The first-order chi connectivity index (χ1) is 13.7. The molecule has 4 heteroatoms. The third-order valence-corrected chi connectivity index (χ3v) is 4.27.